The third-order valence-corrected chi connectivity index (χ3v) is 5.21. The summed E-state index contributed by atoms with van der Waals surface area (Å²) in [5.41, 5.74) is 6.77. The number of thiophene rings is 1. The van der Waals surface area contributed by atoms with Crippen LogP contribution in [0.2, 0.25) is 0 Å². The van der Waals surface area contributed by atoms with Crippen molar-refractivity contribution in [3.8, 4) is 6.07 Å². The van der Waals surface area contributed by atoms with Gasteiger partial charge in [-0.25, -0.2) is 4.98 Å². The molecule has 1 aliphatic rings. The first kappa shape index (κ1) is 16.2. The van der Waals surface area contributed by atoms with E-state index < -0.39 is 11.9 Å². The fourth-order valence-electron chi connectivity index (χ4n) is 2.97. The number of aryl methyl sites for hydroxylation is 2. The topological polar surface area (TPSA) is 105 Å². The fourth-order valence-corrected chi connectivity index (χ4v) is 4.03. The molecule has 3 rings (SSSR count). The highest BCUT2D eigenvalue weighted by Gasteiger charge is 2.37. The zero-order valence-corrected chi connectivity index (χ0v) is 14.0. The SMILES string of the molecule is Cn1ccnc1CCC(=O)N1CCc2c(C#N)[c]sc2C1C(N)=O. The van der Waals surface area contributed by atoms with Crippen molar-refractivity contribution in [3.63, 3.8) is 0 Å². The van der Waals surface area contributed by atoms with Crippen LogP contribution in [0, 0.1) is 16.7 Å². The number of carbonyl (C=O) groups is 2. The average molecular weight is 342 g/mol. The van der Waals surface area contributed by atoms with Gasteiger partial charge in [0.1, 0.15) is 17.9 Å². The number of amides is 2. The molecule has 24 heavy (non-hydrogen) atoms. The molecule has 1 unspecified atom stereocenters. The summed E-state index contributed by atoms with van der Waals surface area (Å²) >= 11 is 1.19. The number of hydrogen-bond donors (Lipinski definition) is 1. The van der Waals surface area contributed by atoms with Crippen molar-refractivity contribution >= 4 is 23.2 Å². The first-order valence-corrected chi connectivity index (χ1v) is 8.33. The highest BCUT2D eigenvalue weighted by atomic mass is 32.1. The van der Waals surface area contributed by atoms with Crippen LogP contribution in [0.5, 0.6) is 0 Å². The van der Waals surface area contributed by atoms with Crippen LogP contribution in [0.15, 0.2) is 12.4 Å². The van der Waals surface area contributed by atoms with E-state index in [1.54, 1.807) is 6.20 Å². The van der Waals surface area contributed by atoms with Crippen LogP contribution in [0.25, 0.3) is 0 Å². The Bertz CT molecular complexity index is 832. The molecule has 0 bridgehead atoms. The maximum absolute atomic E-state index is 12.6. The quantitative estimate of drug-likeness (QED) is 0.883. The number of primary amides is 1. The summed E-state index contributed by atoms with van der Waals surface area (Å²) < 4.78 is 1.86. The van der Waals surface area contributed by atoms with Gasteiger partial charge in [-0.1, -0.05) is 0 Å². The second-order valence-corrected chi connectivity index (χ2v) is 6.48. The minimum Gasteiger partial charge on any atom is -0.368 e. The maximum Gasteiger partial charge on any atom is 0.245 e. The van der Waals surface area contributed by atoms with E-state index >= 15 is 0 Å². The lowest BCUT2D eigenvalue weighted by atomic mass is 9.97. The van der Waals surface area contributed by atoms with Crippen molar-refractivity contribution in [3.05, 3.63) is 39.6 Å². The van der Waals surface area contributed by atoms with Gasteiger partial charge in [-0.2, -0.15) is 5.26 Å². The van der Waals surface area contributed by atoms with Crippen LogP contribution in [-0.4, -0.2) is 32.8 Å². The predicted octanol–water partition coefficient (Wildman–Crippen LogP) is 0.697. The molecule has 3 heterocycles. The zero-order chi connectivity index (χ0) is 17.3. The molecule has 0 saturated heterocycles. The molecular weight excluding hydrogens is 326 g/mol. The zero-order valence-electron chi connectivity index (χ0n) is 13.2. The summed E-state index contributed by atoms with van der Waals surface area (Å²) in [5, 5.41) is 12.0. The van der Waals surface area contributed by atoms with Crippen molar-refractivity contribution in [2.24, 2.45) is 12.8 Å². The normalized spacial score (nSPS) is 16.5. The number of carbonyl (C=O) groups excluding carboxylic acids is 2. The Balaban J connectivity index is 1.80. The van der Waals surface area contributed by atoms with Crippen LogP contribution < -0.4 is 5.73 Å². The monoisotopic (exact) mass is 342 g/mol. The number of nitrogens with two attached hydrogens (primary N) is 1. The number of imidazole rings is 1. The Morgan fingerprint density at radius 1 is 1.58 bits per heavy atom. The van der Waals surface area contributed by atoms with Gasteiger partial charge in [0.25, 0.3) is 0 Å². The summed E-state index contributed by atoms with van der Waals surface area (Å²) in [4.78, 5) is 30.9. The molecule has 1 radical (unpaired) electrons. The molecule has 0 spiro atoms. The summed E-state index contributed by atoms with van der Waals surface area (Å²) in [5.74, 6) is 0.0910. The van der Waals surface area contributed by atoms with E-state index in [-0.39, 0.29) is 12.3 Å². The summed E-state index contributed by atoms with van der Waals surface area (Å²) in [6.07, 6.45) is 4.80. The second kappa shape index (κ2) is 6.45. The van der Waals surface area contributed by atoms with Crippen LogP contribution in [0.4, 0.5) is 0 Å². The number of nitriles is 1. The van der Waals surface area contributed by atoms with Gasteiger partial charge >= 0.3 is 0 Å². The van der Waals surface area contributed by atoms with Gasteiger partial charge in [0.2, 0.25) is 11.8 Å². The van der Waals surface area contributed by atoms with E-state index in [4.69, 9.17) is 11.0 Å². The number of aromatic nitrogens is 2. The third-order valence-electron chi connectivity index (χ3n) is 4.21. The van der Waals surface area contributed by atoms with Gasteiger partial charge < -0.3 is 15.2 Å². The molecule has 1 atom stereocenters. The van der Waals surface area contributed by atoms with Crippen molar-refractivity contribution in [1.82, 2.24) is 14.5 Å². The van der Waals surface area contributed by atoms with E-state index in [0.29, 0.717) is 29.8 Å². The van der Waals surface area contributed by atoms with Crippen LogP contribution >= 0.6 is 11.3 Å². The van der Waals surface area contributed by atoms with Crippen LogP contribution in [0.1, 0.15) is 34.3 Å². The summed E-state index contributed by atoms with van der Waals surface area (Å²) in [7, 11) is 1.87. The maximum atomic E-state index is 12.6. The molecule has 8 heteroatoms. The van der Waals surface area contributed by atoms with E-state index in [9.17, 15) is 9.59 Å². The van der Waals surface area contributed by atoms with E-state index in [2.05, 4.69) is 16.4 Å². The van der Waals surface area contributed by atoms with Crippen molar-refractivity contribution in [2.75, 3.05) is 6.54 Å². The van der Waals surface area contributed by atoms with Crippen LogP contribution in [-0.2, 0) is 29.5 Å². The lowest BCUT2D eigenvalue weighted by molar-refractivity contribution is -0.140. The molecule has 2 aromatic heterocycles. The molecule has 2 amide bonds. The molecule has 7 nitrogen and oxygen atoms in total. The largest absolute Gasteiger partial charge is 0.368 e. The number of nitrogens with zero attached hydrogens (tertiary/aromatic N) is 4. The van der Waals surface area contributed by atoms with E-state index in [1.807, 2.05) is 17.8 Å². The molecule has 0 saturated carbocycles. The molecule has 2 aromatic rings. The standard InChI is InChI=1S/C16H16N5O2S/c1-20-7-5-19-12(20)2-3-13(22)21-6-4-11-10(8-17)9-24-15(11)14(21)16(18)23/h5,7,14H,2-4,6H2,1H3,(H2,18,23). The molecule has 0 aliphatic carbocycles. The molecular formula is C16H16N5O2S. The molecule has 123 valence electrons. The van der Waals surface area contributed by atoms with Crippen molar-refractivity contribution in [1.29, 1.82) is 5.26 Å². The Labute approximate surface area is 143 Å². The minimum absolute atomic E-state index is 0.139. The number of hydrogen-bond acceptors (Lipinski definition) is 5. The minimum atomic E-state index is -0.814. The van der Waals surface area contributed by atoms with E-state index in [1.165, 1.54) is 16.2 Å². The van der Waals surface area contributed by atoms with Gasteiger partial charge in [0.05, 0.1) is 10.9 Å². The average Bonchev–Trinajstić information content (AvgIpc) is 3.16. The number of rotatable bonds is 4. The summed E-state index contributed by atoms with van der Waals surface area (Å²) in [6.45, 7) is 0.374. The van der Waals surface area contributed by atoms with Gasteiger partial charge in [-0.15, -0.1) is 11.3 Å². The molecule has 0 fully saturated rings. The Morgan fingerprint density at radius 3 is 3.00 bits per heavy atom. The first-order valence-electron chi connectivity index (χ1n) is 7.51. The van der Waals surface area contributed by atoms with Crippen LogP contribution in [0.3, 0.4) is 0 Å². The predicted molar refractivity (Wildman–Crippen MR) is 86.8 cm³/mol. The van der Waals surface area contributed by atoms with Gasteiger partial charge in [-0.3, -0.25) is 9.59 Å². The number of fused-ring (bicyclic) bond motifs is 1. The molecule has 2 N–H and O–H groups in total. The second-order valence-electron chi connectivity index (χ2n) is 5.63. The lowest BCUT2D eigenvalue weighted by Crippen LogP contribution is -2.45. The van der Waals surface area contributed by atoms with Crippen molar-refractivity contribution < 1.29 is 9.59 Å². The van der Waals surface area contributed by atoms with Gasteiger partial charge in [0.15, 0.2) is 0 Å². The molecule has 0 aromatic carbocycles. The first-order chi connectivity index (χ1) is 11.5. The van der Waals surface area contributed by atoms with Gasteiger partial charge in [0, 0.05) is 43.7 Å². The smallest absolute Gasteiger partial charge is 0.245 e. The summed E-state index contributed by atoms with van der Waals surface area (Å²) in [6, 6.07) is 1.26. The van der Waals surface area contributed by atoms with Gasteiger partial charge in [-0.05, 0) is 12.0 Å². The highest BCUT2D eigenvalue weighted by Crippen LogP contribution is 2.36. The third kappa shape index (κ3) is 2.78. The molecule has 1 aliphatic heterocycles. The van der Waals surface area contributed by atoms with E-state index in [0.717, 1.165) is 11.4 Å². The lowest BCUT2D eigenvalue weighted by Gasteiger charge is -2.33. The highest BCUT2D eigenvalue weighted by molar-refractivity contribution is 7.10. The van der Waals surface area contributed by atoms with Crippen molar-refractivity contribution in [2.45, 2.75) is 25.3 Å². The Hall–Kier alpha value is -2.66. The fraction of sp³-hybridized carbons (Fsp3) is 0.375. The Morgan fingerprint density at radius 2 is 2.38 bits per heavy atom. The Kier molecular flexibility index (Phi) is 4.36.